The molecule has 2 aromatic rings. The van der Waals surface area contributed by atoms with E-state index in [1.54, 1.807) is 12.7 Å². The van der Waals surface area contributed by atoms with E-state index >= 15 is 0 Å². The van der Waals surface area contributed by atoms with E-state index in [-0.39, 0.29) is 6.03 Å². The van der Waals surface area contributed by atoms with Crippen molar-refractivity contribution in [3.8, 4) is 5.69 Å². The Bertz CT molecular complexity index is 682. The molecule has 2 heterocycles. The molecule has 0 radical (unpaired) electrons. The highest BCUT2D eigenvalue weighted by Gasteiger charge is 2.22. The molecule has 1 aromatic carbocycles. The van der Waals surface area contributed by atoms with E-state index in [1.807, 2.05) is 46.5 Å². The lowest BCUT2D eigenvalue weighted by atomic mass is 10.1. The third-order valence-corrected chi connectivity index (χ3v) is 5.54. The zero-order valence-corrected chi connectivity index (χ0v) is 14.9. The van der Waals surface area contributed by atoms with Crippen LogP contribution in [0.25, 0.3) is 5.69 Å². The van der Waals surface area contributed by atoms with Gasteiger partial charge >= 0.3 is 6.03 Å². The van der Waals surface area contributed by atoms with Crippen molar-refractivity contribution in [2.45, 2.75) is 32.2 Å². The summed E-state index contributed by atoms with van der Waals surface area (Å²) in [6, 6.07) is 6.33. The van der Waals surface area contributed by atoms with Crippen molar-refractivity contribution in [2.75, 3.05) is 23.9 Å². The number of rotatable bonds is 4. The molecule has 7 heteroatoms. The zero-order valence-electron chi connectivity index (χ0n) is 14.1. The number of nitrogens with zero attached hydrogens (tertiary/aromatic N) is 4. The van der Waals surface area contributed by atoms with Gasteiger partial charge in [0, 0.05) is 18.8 Å². The second-order valence-corrected chi connectivity index (χ2v) is 7.17. The number of anilines is 1. The molecule has 1 aliphatic heterocycles. The summed E-state index contributed by atoms with van der Waals surface area (Å²) in [4.78, 5) is 14.5. The maximum atomic E-state index is 12.7. The number of aromatic nitrogens is 3. The van der Waals surface area contributed by atoms with Crippen LogP contribution < -0.4 is 5.32 Å². The highest BCUT2D eigenvalue weighted by atomic mass is 32.2. The number of benzene rings is 1. The smallest absolute Gasteiger partial charge is 0.321 e. The zero-order chi connectivity index (χ0) is 16.9. The molecule has 0 unspecified atom stereocenters. The van der Waals surface area contributed by atoms with Gasteiger partial charge in [0.1, 0.15) is 12.7 Å². The van der Waals surface area contributed by atoms with Crippen LogP contribution in [0, 0.1) is 0 Å². The Labute approximate surface area is 146 Å². The van der Waals surface area contributed by atoms with Crippen LogP contribution in [0.4, 0.5) is 10.5 Å². The maximum Gasteiger partial charge on any atom is 0.321 e. The summed E-state index contributed by atoms with van der Waals surface area (Å²) >= 11 is 1.97. The number of thioether (sulfide) groups is 1. The molecule has 1 aromatic heterocycles. The van der Waals surface area contributed by atoms with Crippen molar-refractivity contribution in [1.82, 2.24) is 19.7 Å². The van der Waals surface area contributed by atoms with Gasteiger partial charge in [-0.25, -0.2) is 4.79 Å². The number of hydrogen-bond donors (Lipinski definition) is 1. The minimum atomic E-state index is -0.0393. The molecule has 0 bridgehead atoms. The summed E-state index contributed by atoms with van der Waals surface area (Å²) < 4.78 is 1.83. The molecule has 128 valence electrons. The number of nitrogens with one attached hydrogen (secondary N) is 1. The summed E-state index contributed by atoms with van der Waals surface area (Å²) in [6.45, 7) is 2.09. The summed E-state index contributed by atoms with van der Waals surface area (Å²) in [7, 11) is 1.89. The van der Waals surface area contributed by atoms with Gasteiger partial charge in [-0.05, 0) is 48.5 Å². The van der Waals surface area contributed by atoms with Gasteiger partial charge in [0.15, 0.2) is 0 Å². The molecule has 1 fully saturated rings. The third kappa shape index (κ3) is 3.72. The van der Waals surface area contributed by atoms with E-state index in [1.165, 1.54) is 0 Å². The van der Waals surface area contributed by atoms with Crippen LogP contribution in [-0.4, -0.2) is 50.3 Å². The van der Waals surface area contributed by atoms with Crippen molar-refractivity contribution in [3.63, 3.8) is 0 Å². The van der Waals surface area contributed by atoms with Gasteiger partial charge in [-0.15, -0.1) is 10.2 Å². The van der Waals surface area contributed by atoms with Gasteiger partial charge in [-0.2, -0.15) is 11.8 Å². The van der Waals surface area contributed by atoms with E-state index < -0.39 is 0 Å². The number of hydrogen-bond acceptors (Lipinski definition) is 4. The van der Waals surface area contributed by atoms with E-state index in [0.29, 0.717) is 6.04 Å². The van der Waals surface area contributed by atoms with Gasteiger partial charge in [0.2, 0.25) is 0 Å². The molecule has 0 saturated carbocycles. The molecule has 24 heavy (non-hydrogen) atoms. The first-order chi connectivity index (χ1) is 11.7. The van der Waals surface area contributed by atoms with Crippen molar-refractivity contribution >= 4 is 23.5 Å². The summed E-state index contributed by atoms with van der Waals surface area (Å²) in [5.74, 6) is 2.26. The second kappa shape index (κ2) is 7.70. The van der Waals surface area contributed by atoms with Crippen LogP contribution in [-0.2, 0) is 6.42 Å². The highest BCUT2D eigenvalue weighted by Crippen LogP contribution is 2.24. The number of carbonyl (C=O) groups is 1. The Hall–Kier alpha value is -2.02. The van der Waals surface area contributed by atoms with Crippen LogP contribution in [0.5, 0.6) is 0 Å². The predicted octanol–water partition coefficient (Wildman–Crippen LogP) is 3.19. The minimum Gasteiger partial charge on any atom is -0.325 e. The lowest BCUT2D eigenvalue weighted by Crippen LogP contribution is -2.41. The fourth-order valence-electron chi connectivity index (χ4n) is 2.93. The first kappa shape index (κ1) is 16.8. The molecule has 0 aliphatic carbocycles. The Morgan fingerprint density at radius 3 is 2.71 bits per heavy atom. The summed E-state index contributed by atoms with van der Waals surface area (Å²) in [5, 5.41) is 10.8. The lowest BCUT2D eigenvalue weighted by molar-refractivity contribution is 0.200. The number of amides is 2. The first-order valence-corrected chi connectivity index (χ1v) is 9.44. The van der Waals surface area contributed by atoms with Crippen molar-refractivity contribution in [1.29, 1.82) is 0 Å². The van der Waals surface area contributed by atoms with Crippen molar-refractivity contribution < 1.29 is 4.79 Å². The van der Waals surface area contributed by atoms with Crippen molar-refractivity contribution in [2.24, 2.45) is 0 Å². The van der Waals surface area contributed by atoms with Gasteiger partial charge in [0.25, 0.3) is 0 Å². The molecule has 0 atom stereocenters. The Morgan fingerprint density at radius 2 is 2.04 bits per heavy atom. The topological polar surface area (TPSA) is 63.1 Å². The summed E-state index contributed by atoms with van der Waals surface area (Å²) in [6.07, 6.45) is 6.30. The molecule has 3 rings (SSSR count). The normalized spacial score (nSPS) is 15.2. The molecule has 2 amide bonds. The Kier molecular flexibility index (Phi) is 5.40. The van der Waals surface area contributed by atoms with Gasteiger partial charge in [0.05, 0.1) is 5.69 Å². The van der Waals surface area contributed by atoms with Crippen LogP contribution >= 0.6 is 11.8 Å². The predicted molar refractivity (Wildman–Crippen MR) is 97.9 cm³/mol. The van der Waals surface area contributed by atoms with Crippen LogP contribution in [0.3, 0.4) is 0 Å². The minimum absolute atomic E-state index is 0.0393. The average molecular weight is 345 g/mol. The Balaban J connectivity index is 1.77. The molecule has 1 saturated heterocycles. The molecule has 0 spiro atoms. The number of aryl methyl sites for hydroxylation is 1. The van der Waals surface area contributed by atoms with Gasteiger partial charge in [-0.3, -0.25) is 4.57 Å². The molecular weight excluding hydrogens is 322 g/mol. The SMILES string of the molecule is CCc1ccc(-n2cnnc2)cc1NC(=O)N(C)C1CCSCC1. The van der Waals surface area contributed by atoms with E-state index in [9.17, 15) is 4.79 Å². The molecular formula is C17H23N5OS. The van der Waals surface area contributed by atoms with Crippen LogP contribution in [0.2, 0.25) is 0 Å². The largest absolute Gasteiger partial charge is 0.325 e. The number of carbonyl (C=O) groups excluding carboxylic acids is 1. The fourth-order valence-corrected chi connectivity index (χ4v) is 4.01. The van der Waals surface area contributed by atoms with Gasteiger partial charge < -0.3 is 10.2 Å². The van der Waals surface area contributed by atoms with Crippen molar-refractivity contribution in [3.05, 3.63) is 36.4 Å². The van der Waals surface area contributed by atoms with E-state index in [2.05, 4.69) is 22.4 Å². The fraction of sp³-hybridized carbons (Fsp3) is 0.471. The second-order valence-electron chi connectivity index (χ2n) is 5.95. The lowest BCUT2D eigenvalue weighted by Gasteiger charge is -2.31. The molecule has 1 aliphatic rings. The summed E-state index contributed by atoms with van der Waals surface area (Å²) in [5.41, 5.74) is 2.91. The van der Waals surface area contributed by atoms with Crippen LogP contribution in [0.15, 0.2) is 30.9 Å². The monoisotopic (exact) mass is 345 g/mol. The maximum absolute atomic E-state index is 12.7. The first-order valence-electron chi connectivity index (χ1n) is 8.28. The standard InChI is InChI=1S/C17H23N5OS/c1-3-13-4-5-15(22-11-18-19-12-22)10-16(13)20-17(23)21(2)14-6-8-24-9-7-14/h4-5,10-12,14H,3,6-9H2,1-2H3,(H,20,23). The Morgan fingerprint density at radius 1 is 1.33 bits per heavy atom. The molecule has 1 N–H and O–H groups in total. The van der Waals surface area contributed by atoms with E-state index in [0.717, 1.165) is 47.7 Å². The third-order valence-electron chi connectivity index (χ3n) is 4.49. The highest BCUT2D eigenvalue weighted by molar-refractivity contribution is 7.99. The molecule has 6 nitrogen and oxygen atoms in total. The van der Waals surface area contributed by atoms with E-state index in [4.69, 9.17) is 0 Å². The average Bonchev–Trinajstić information content (AvgIpc) is 3.16. The quantitative estimate of drug-likeness (QED) is 0.924. The van der Waals surface area contributed by atoms with Gasteiger partial charge in [-0.1, -0.05) is 13.0 Å². The number of urea groups is 1. The van der Waals surface area contributed by atoms with Crippen LogP contribution in [0.1, 0.15) is 25.3 Å².